The lowest BCUT2D eigenvalue weighted by Crippen LogP contribution is -2.44. The Kier molecular flexibility index (Phi) is 3.96. The van der Waals surface area contributed by atoms with Crippen molar-refractivity contribution >= 4 is 0 Å². The lowest BCUT2D eigenvalue weighted by atomic mass is 9.85. The maximum atomic E-state index is 5.99. The van der Waals surface area contributed by atoms with Crippen molar-refractivity contribution in [1.82, 2.24) is 4.90 Å². The van der Waals surface area contributed by atoms with Crippen LogP contribution < -0.4 is 5.73 Å². The molecule has 0 saturated heterocycles. The molecule has 84 valence electrons. The highest BCUT2D eigenvalue weighted by Crippen LogP contribution is 2.31. The zero-order valence-corrected chi connectivity index (χ0v) is 10.2. The van der Waals surface area contributed by atoms with Gasteiger partial charge in [0.1, 0.15) is 0 Å². The third kappa shape index (κ3) is 3.58. The summed E-state index contributed by atoms with van der Waals surface area (Å²) in [5, 5.41) is 0. The molecular weight excluding hydrogens is 172 g/mol. The maximum Gasteiger partial charge on any atom is 0.00739 e. The Morgan fingerprint density at radius 3 is 2.36 bits per heavy atom. The first-order valence-electron chi connectivity index (χ1n) is 5.93. The molecule has 1 aliphatic carbocycles. The van der Waals surface area contributed by atoms with E-state index in [1.165, 1.54) is 19.4 Å². The Balaban J connectivity index is 2.37. The van der Waals surface area contributed by atoms with Crippen LogP contribution in [0.15, 0.2) is 0 Å². The molecule has 14 heavy (non-hydrogen) atoms. The van der Waals surface area contributed by atoms with Crippen LogP contribution >= 0.6 is 0 Å². The van der Waals surface area contributed by atoms with Crippen LogP contribution in [0.3, 0.4) is 0 Å². The molecule has 2 nitrogen and oxygen atoms in total. The van der Waals surface area contributed by atoms with Gasteiger partial charge < -0.3 is 10.6 Å². The van der Waals surface area contributed by atoms with Crippen LogP contribution in [0, 0.1) is 11.3 Å². The Morgan fingerprint density at radius 2 is 2.00 bits per heavy atom. The average Bonchev–Trinajstić information content (AvgIpc) is 2.86. The van der Waals surface area contributed by atoms with E-state index in [1.54, 1.807) is 0 Å². The lowest BCUT2D eigenvalue weighted by molar-refractivity contribution is 0.158. The molecule has 2 heteroatoms. The summed E-state index contributed by atoms with van der Waals surface area (Å²) in [5.74, 6) is 0.985. The summed E-state index contributed by atoms with van der Waals surface area (Å²) in [5.41, 5.74) is 6.23. The summed E-state index contributed by atoms with van der Waals surface area (Å²) in [6.07, 6.45) is 2.88. The van der Waals surface area contributed by atoms with E-state index in [2.05, 4.69) is 32.6 Å². The normalized spacial score (nSPS) is 20.1. The first-order chi connectivity index (χ1) is 6.45. The van der Waals surface area contributed by atoms with E-state index in [4.69, 9.17) is 5.73 Å². The number of hydrogen-bond donors (Lipinski definition) is 1. The molecule has 0 amide bonds. The Labute approximate surface area is 88.8 Å². The van der Waals surface area contributed by atoms with E-state index in [-0.39, 0.29) is 11.5 Å². The molecule has 0 bridgehead atoms. The van der Waals surface area contributed by atoms with Crippen molar-refractivity contribution in [3.63, 3.8) is 0 Å². The van der Waals surface area contributed by atoms with Crippen LogP contribution in [0.5, 0.6) is 0 Å². The zero-order valence-electron chi connectivity index (χ0n) is 10.2. The standard InChI is InChI=1S/C12H26N2/c1-5-14(8-11-6-7-11)9-12(3,4)10(2)13/h10-11H,5-9,13H2,1-4H3. The van der Waals surface area contributed by atoms with Gasteiger partial charge in [0.25, 0.3) is 0 Å². The summed E-state index contributed by atoms with van der Waals surface area (Å²) >= 11 is 0. The number of hydrogen-bond acceptors (Lipinski definition) is 2. The fourth-order valence-electron chi connectivity index (χ4n) is 1.69. The van der Waals surface area contributed by atoms with Gasteiger partial charge in [-0.1, -0.05) is 20.8 Å². The molecule has 1 aliphatic rings. The zero-order chi connectivity index (χ0) is 10.8. The van der Waals surface area contributed by atoms with Crippen molar-refractivity contribution < 1.29 is 0 Å². The van der Waals surface area contributed by atoms with Crippen LogP contribution in [-0.4, -0.2) is 30.6 Å². The summed E-state index contributed by atoms with van der Waals surface area (Å²) in [4.78, 5) is 2.56. The molecule has 1 unspecified atom stereocenters. The van der Waals surface area contributed by atoms with Gasteiger partial charge in [0.05, 0.1) is 0 Å². The Bertz CT molecular complexity index is 171. The molecule has 0 aliphatic heterocycles. The molecule has 0 aromatic rings. The molecule has 0 heterocycles. The molecule has 1 rings (SSSR count). The van der Waals surface area contributed by atoms with Crippen molar-refractivity contribution in [3.8, 4) is 0 Å². The molecule has 1 fully saturated rings. The van der Waals surface area contributed by atoms with Crippen molar-refractivity contribution in [3.05, 3.63) is 0 Å². The molecule has 0 spiro atoms. The van der Waals surface area contributed by atoms with Gasteiger partial charge in [-0.15, -0.1) is 0 Å². The van der Waals surface area contributed by atoms with Crippen molar-refractivity contribution in [2.75, 3.05) is 19.6 Å². The van der Waals surface area contributed by atoms with E-state index in [1.807, 2.05) is 0 Å². The number of nitrogens with two attached hydrogens (primary N) is 1. The van der Waals surface area contributed by atoms with E-state index in [0.717, 1.165) is 19.0 Å². The van der Waals surface area contributed by atoms with Gasteiger partial charge in [-0.3, -0.25) is 0 Å². The van der Waals surface area contributed by atoms with Gasteiger partial charge in [0.15, 0.2) is 0 Å². The fourth-order valence-corrected chi connectivity index (χ4v) is 1.69. The topological polar surface area (TPSA) is 29.3 Å². The molecule has 0 radical (unpaired) electrons. The second-order valence-electron chi connectivity index (χ2n) is 5.55. The summed E-state index contributed by atoms with van der Waals surface area (Å²) in [6.45, 7) is 12.5. The van der Waals surface area contributed by atoms with Crippen LogP contribution in [0.2, 0.25) is 0 Å². The largest absolute Gasteiger partial charge is 0.327 e. The van der Waals surface area contributed by atoms with Gasteiger partial charge >= 0.3 is 0 Å². The van der Waals surface area contributed by atoms with E-state index < -0.39 is 0 Å². The van der Waals surface area contributed by atoms with Crippen molar-refractivity contribution in [2.45, 2.75) is 46.6 Å². The molecule has 2 N–H and O–H groups in total. The molecule has 1 saturated carbocycles. The summed E-state index contributed by atoms with van der Waals surface area (Å²) < 4.78 is 0. The van der Waals surface area contributed by atoms with Crippen molar-refractivity contribution in [1.29, 1.82) is 0 Å². The highest BCUT2D eigenvalue weighted by molar-refractivity contribution is 4.84. The second-order valence-corrected chi connectivity index (χ2v) is 5.55. The molecular formula is C12H26N2. The van der Waals surface area contributed by atoms with Gasteiger partial charge in [-0.2, -0.15) is 0 Å². The van der Waals surface area contributed by atoms with E-state index >= 15 is 0 Å². The van der Waals surface area contributed by atoms with Gasteiger partial charge in [-0.05, 0) is 37.6 Å². The van der Waals surface area contributed by atoms with Gasteiger partial charge in [-0.25, -0.2) is 0 Å². The number of rotatable bonds is 6. The highest BCUT2D eigenvalue weighted by atomic mass is 15.1. The van der Waals surface area contributed by atoms with Crippen LogP contribution in [-0.2, 0) is 0 Å². The lowest BCUT2D eigenvalue weighted by Gasteiger charge is -2.35. The second kappa shape index (κ2) is 4.63. The molecule has 0 aromatic heterocycles. The third-order valence-corrected chi connectivity index (χ3v) is 3.52. The smallest absolute Gasteiger partial charge is 0.00739 e. The minimum Gasteiger partial charge on any atom is -0.327 e. The first-order valence-corrected chi connectivity index (χ1v) is 5.93. The Hall–Kier alpha value is -0.0800. The fraction of sp³-hybridized carbons (Fsp3) is 1.00. The van der Waals surface area contributed by atoms with Gasteiger partial charge in [0, 0.05) is 19.1 Å². The minimum atomic E-state index is 0.241. The predicted octanol–water partition coefficient (Wildman–Crippen LogP) is 2.09. The highest BCUT2D eigenvalue weighted by Gasteiger charge is 2.29. The monoisotopic (exact) mass is 198 g/mol. The first kappa shape index (κ1) is 12.0. The third-order valence-electron chi connectivity index (χ3n) is 3.52. The maximum absolute atomic E-state index is 5.99. The van der Waals surface area contributed by atoms with Crippen LogP contribution in [0.4, 0.5) is 0 Å². The SMILES string of the molecule is CCN(CC1CC1)CC(C)(C)C(C)N. The van der Waals surface area contributed by atoms with E-state index in [9.17, 15) is 0 Å². The molecule has 1 atom stereocenters. The molecule has 0 aromatic carbocycles. The van der Waals surface area contributed by atoms with E-state index in [0.29, 0.717) is 0 Å². The summed E-state index contributed by atoms with van der Waals surface area (Å²) in [6, 6.07) is 0.274. The van der Waals surface area contributed by atoms with Gasteiger partial charge in [0.2, 0.25) is 0 Å². The average molecular weight is 198 g/mol. The predicted molar refractivity (Wildman–Crippen MR) is 62.3 cm³/mol. The van der Waals surface area contributed by atoms with Crippen LogP contribution in [0.1, 0.15) is 40.5 Å². The van der Waals surface area contributed by atoms with Crippen molar-refractivity contribution in [2.24, 2.45) is 17.1 Å². The van der Waals surface area contributed by atoms with Crippen LogP contribution in [0.25, 0.3) is 0 Å². The number of nitrogens with zero attached hydrogens (tertiary/aromatic N) is 1. The minimum absolute atomic E-state index is 0.241. The quantitative estimate of drug-likeness (QED) is 0.708. The Morgan fingerprint density at radius 1 is 1.43 bits per heavy atom. The summed E-state index contributed by atoms with van der Waals surface area (Å²) in [7, 11) is 0.